The third-order valence-electron chi connectivity index (χ3n) is 4.73. The van der Waals surface area contributed by atoms with Gasteiger partial charge in [0.05, 0.1) is 12.7 Å². The van der Waals surface area contributed by atoms with Crippen LogP contribution in [0.1, 0.15) is 12.5 Å². The molecule has 3 aromatic carbocycles. The fourth-order valence-electron chi connectivity index (χ4n) is 3.22. The second-order valence-electron chi connectivity index (χ2n) is 7.33. The van der Waals surface area contributed by atoms with Gasteiger partial charge in [0.1, 0.15) is 5.75 Å². The molecule has 0 spiro atoms. The number of hydrogen-bond donors (Lipinski definition) is 3. The van der Waals surface area contributed by atoms with Gasteiger partial charge in [0.25, 0.3) is 11.8 Å². The van der Waals surface area contributed by atoms with E-state index in [2.05, 4.69) is 10.6 Å². The fourth-order valence-corrected chi connectivity index (χ4v) is 3.22. The van der Waals surface area contributed by atoms with E-state index in [1.54, 1.807) is 12.1 Å². The van der Waals surface area contributed by atoms with E-state index in [-0.39, 0.29) is 24.9 Å². The Kier molecular flexibility index (Phi) is 7.79. The number of quaternary nitrogens is 1. The summed E-state index contributed by atoms with van der Waals surface area (Å²) in [4.78, 5) is 25.7. The molecule has 0 fully saturated rings. The maximum Gasteiger partial charge on any atom is 0.279 e. The van der Waals surface area contributed by atoms with E-state index in [4.69, 9.17) is 4.74 Å². The molecule has 160 valence electrons. The first-order valence-corrected chi connectivity index (χ1v) is 10.4. The number of ether oxygens (including phenoxy) is 1. The second-order valence-corrected chi connectivity index (χ2v) is 7.33. The molecular formula is C25H28N3O3+. The first-order chi connectivity index (χ1) is 15.0. The van der Waals surface area contributed by atoms with Crippen molar-refractivity contribution in [1.82, 2.24) is 0 Å². The lowest BCUT2D eigenvalue weighted by atomic mass is 10.1. The van der Waals surface area contributed by atoms with Gasteiger partial charge in [0.2, 0.25) is 0 Å². The lowest BCUT2D eigenvalue weighted by Gasteiger charge is -2.16. The van der Waals surface area contributed by atoms with Gasteiger partial charge >= 0.3 is 0 Å². The Morgan fingerprint density at radius 1 is 0.774 bits per heavy atom. The monoisotopic (exact) mass is 418 g/mol. The minimum Gasteiger partial charge on any atom is -0.455 e. The van der Waals surface area contributed by atoms with E-state index in [1.807, 2.05) is 80.7 Å². The molecular weight excluding hydrogens is 390 g/mol. The SMILES string of the molecule is CCc1ccccc1NC(=O)C[NH+](C)CC(=O)Nc1ccccc1Oc1ccccc1. The van der Waals surface area contributed by atoms with Crippen molar-refractivity contribution in [3.8, 4) is 11.5 Å². The molecule has 1 atom stereocenters. The van der Waals surface area contributed by atoms with E-state index < -0.39 is 0 Å². The van der Waals surface area contributed by atoms with Crippen LogP contribution in [0.2, 0.25) is 0 Å². The topological polar surface area (TPSA) is 71.9 Å². The van der Waals surface area contributed by atoms with Crippen molar-refractivity contribution in [2.75, 3.05) is 30.8 Å². The minimum atomic E-state index is -0.191. The van der Waals surface area contributed by atoms with Gasteiger partial charge in [-0.2, -0.15) is 0 Å². The van der Waals surface area contributed by atoms with E-state index in [9.17, 15) is 9.59 Å². The fraction of sp³-hybridized carbons (Fsp3) is 0.200. The van der Waals surface area contributed by atoms with Gasteiger partial charge in [-0.15, -0.1) is 0 Å². The predicted octanol–water partition coefficient (Wildman–Crippen LogP) is 3.13. The van der Waals surface area contributed by atoms with Crippen LogP contribution in [-0.2, 0) is 16.0 Å². The summed E-state index contributed by atoms with van der Waals surface area (Å²) in [5.41, 5.74) is 2.49. The standard InChI is InChI=1S/C25H27N3O3/c1-3-19-11-7-8-14-21(19)26-24(29)17-28(2)18-25(30)27-22-15-9-10-16-23(22)31-20-12-5-4-6-13-20/h4-16H,3,17-18H2,1-2H3,(H,26,29)(H,27,30)/p+1. The molecule has 0 aromatic heterocycles. The summed E-state index contributed by atoms with van der Waals surface area (Å²) >= 11 is 0. The van der Waals surface area contributed by atoms with Crippen LogP contribution < -0.4 is 20.3 Å². The van der Waals surface area contributed by atoms with E-state index in [0.29, 0.717) is 17.2 Å². The Labute approximate surface area is 182 Å². The van der Waals surface area contributed by atoms with E-state index in [1.165, 1.54) is 0 Å². The van der Waals surface area contributed by atoms with Crippen LogP contribution in [0.25, 0.3) is 0 Å². The average molecular weight is 419 g/mol. The highest BCUT2D eigenvalue weighted by Crippen LogP contribution is 2.28. The number of benzene rings is 3. The van der Waals surface area contributed by atoms with Crippen LogP contribution in [0, 0.1) is 0 Å². The van der Waals surface area contributed by atoms with Crippen molar-refractivity contribution in [3.05, 3.63) is 84.4 Å². The quantitative estimate of drug-likeness (QED) is 0.500. The van der Waals surface area contributed by atoms with Crippen molar-refractivity contribution in [3.63, 3.8) is 0 Å². The summed E-state index contributed by atoms with van der Waals surface area (Å²) in [6.07, 6.45) is 0.839. The van der Waals surface area contributed by atoms with E-state index in [0.717, 1.165) is 22.6 Å². The molecule has 0 radical (unpaired) electrons. The molecule has 0 saturated heterocycles. The molecule has 1 unspecified atom stereocenters. The molecule has 6 heteroatoms. The van der Waals surface area contributed by atoms with E-state index >= 15 is 0 Å². The zero-order valence-corrected chi connectivity index (χ0v) is 17.9. The van der Waals surface area contributed by atoms with Crippen molar-refractivity contribution < 1.29 is 19.2 Å². The molecule has 2 amide bonds. The molecule has 3 aromatic rings. The maximum atomic E-state index is 12.5. The Hall–Kier alpha value is -3.64. The number of anilines is 2. The molecule has 3 rings (SSSR count). The largest absolute Gasteiger partial charge is 0.455 e. The van der Waals surface area contributed by atoms with Gasteiger partial charge in [-0.1, -0.05) is 55.5 Å². The number of para-hydroxylation sites is 4. The molecule has 0 bridgehead atoms. The zero-order valence-electron chi connectivity index (χ0n) is 17.9. The molecule has 0 heterocycles. The predicted molar refractivity (Wildman–Crippen MR) is 123 cm³/mol. The van der Waals surface area contributed by atoms with Crippen LogP contribution in [0.15, 0.2) is 78.9 Å². The van der Waals surface area contributed by atoms with Gasteiger partial charge in [-0.25, -0.2) is 0 Å². The molecule has 0 aliphatic carbocycles. The Bertz CT molecular complexity index is 1020. The average Bonchev–Trinajstić information content (AvgIpc) is 2.76. The molecule has 31 heavy (non-hydrogen) atoms. The first-order valence-electron chi connectivity index (χ1n) is 10.4. The van der Waals surface area contributed by atoms with Crippen LogP contribution in [0.5, 0.6) is 11.5 Å². The van der Waals surface area contributed by atoms with Gasteiger partial charge in [0.15, 0.2) is 18.8 Å². The normalized spacial score (nSPS) is 11.4. The number of nitrogens with one attached hydrogen (secondary N) is 3. The molecule has 6 nitrogen and oxygen atoms in total. The van der Waals surface area contributed by atoms with Crippen molar-refractivity contribution in [2.45, 2.75) is 13.3 Å². The van der Waals surface area contributed by atoms with Gasteiger partial charge in [-0.05, 0) is 42.3 Å². The first kappa shape index (κ1) is 22.1. The van der Waals surface area contributed by atoms with Gasteiger partial charge in [0, 0.05) is 5.69 Å². The Morgan fingerprint density at radius 2 is 1.32 bits per heavy atom. The zero-order chi connectivity index (χ0) is 22.1. The highest BCUT2D eigenvalue weighted by atomic mass is 16.5. The lowest BCUT2D eigenvalue weighted by Crippen LogP contribution is -3.11. The number of rotatable bonds is 9. The third kappa shape index (κ3) is 6.69. The Balaban J connectivity index is 1.54. The van der Waals surface area contributed by atoms with Crippen LogP contribution in [-0.4, -0.2) is 32.0 Å². The molecule has 0 aliphatic heterocycles. The summed E-state index contributed by atoms with van der Waals surface area (Å²) in [6, 6.07) is 24.4. The van der Waals surface area contributed by atoms with Crippen molar-refractivity contribution in [1.29, 1.82) is 0 Å². The van der Waals surface area contributed by atoms with Crippen LogP contribution in [0.4, 0.5) is 11.4 Å². The van der Waals surface area contributed by atoms with Crippen LogP contribution >= 0.6 is 0 Å². The third-order valence-corrected chi connectivity index (χ3v) is 4.73. The summed E-state index contributed by atoms with van der Waals surface area (Å²) in [5, 5.41) is 5.83. The summed E-state index contributed by atoms with van der Waals surface area (Å²) in [6.45, 7) is 2.39. The van der Waals surface area contributed by atoms with Crippen LogP contribution in [0.3, 0.4) is 0 Å². The number of hydrogen-bond acceptors (Lipinski definition) is 3. The molecule has 0 aliphatic rings. The number of carbonyl (C=O) groups is 2. The lowest BCUT2D eigenvalue weighted by molar-refractivity contribution is -0.862. The van der Waals surface area contributed by atoms with Gasteiger partial charge < -0.3 is 20.3 Å². The number of aryl methyl sites for hydroxylation is 1. The smallest absolute Gasteiger partial charge is 0.279 e. The maximum absolute atomic E-state index is 12.5. The Morgan fingerprint density at radius 3 is 2.00 bits per heavy atom. The second kappa shape index (κ2) is 10.9. The molecule has 0 saturated carbocycles. The number of carbonyl (C=O) groups excluding carboxylic acids is 2. The highest BCUT2D eigenvalue weighted by Gasteiger charge is 2.16. The summed E-state index contributed by atoms with van der Waals surface area (Å²) < 4.78 is 5.88. The highest BCUT2D eigenvalue weighted by molar-refractivity contribution is 5.94. The van der Waals surface area contributed by atoms with Crippen molar-refractivity contribution >= 4 is 23.2 Å². The summed E-state index contributed by atoms with van der Waals surface area (Å²) in [7, 11) is 1.82. The molecule has 3 N–H and O–H groups in total. The summed E-state index contributed by atoms with van der Waals surface area (Å²) in [5.74, 6) is 0.937. The van der Waals surface area contributed by atoms with Crippen molar-refractivity contribution in [2.24, 2.45) is 0 Å². The number of amides is 2. The van der Waals surface area contributed by atoms with Gasteiger partial charge in [-0.3, -0.25) is 9.59 Å². The minimum absolute atomic E-state index is 0.126. The number of likely N-dealkylation sites (N-methyl/N-ethyl adjacent to an activating group) is 1.